The molecule has 2 saturated carbocycles. The minimum atomic E-state index is -3.00. The highest BCUT2D eigenvalue weighted by Gasteiger charge is 2.92. The molecule has 3 heterocycles. The molecule has 63 heavy (non-hydrogen) atoms. The van der Waals surface area contributed by atoms with Crippen LogP contribution in [0.2, 0.25) is 0 Å². The fourth-order valence-electron chi connectivity index (χ4n) is 9.81. The van der Waals surface area contributed by atoms with Crippen LogP contribution < -0.4 is 0 Å². The molecule has 1 aromatic carbocycles. The van der Waals surface area contributed by atoms with Crippen molar-refractivity contribution in [1.29, 1.82) is 0 Å². The molecule has 0 amide bonds. The Morgan fingerprint density at radius 1 is 0.746 bits per heavy atom. The fourth-order valence-corrected chi connectivity index (χ4v) is 9.81. The highest BCUT2D eigenvalue weighted by Crippen LogP contribution is 2.70. The van der Waals surface area contributed by atoms with E-state index in [-0.39, 0.29) is 16.8 Å². The van der Waals surface area contributed by atoms with Gasteiger partial charge in [0.25, 0.3) is 0 Å². The molecule has 2 aliphatic carbocycles. The van der Waals surface area contributed by atoms with Gasteiger partial charge in [0.1, 0.15) is 42.0 Å². The molecule has 1 saturated heterocycles. The number of hydrogen-bond acceptors (Lipinski definition) is 20. The van der Waals surface area contributed by atoms with Crippen molar-refractivity contribution in [2.45, 2.75) is 127 Å². The number of cyclic esters (lactones) is 1. The predicted octanol–water partition coefficient (Wildman–Crippen LogP) is 1.44. The molecule has 3 fully saturated rings. The predicted molar refractivity (Wildman–Crippen MR) is 207 cm³/mol. The Balaban J connectivity index is 1.81. The minimum Gasteiger partial charge on any atom is -0.465 e. The van der Waals surface area contributed by atoms with Crippen molar-refractivity contribution in [3.05, 3.63) is 65.5 Å². The van der Waals surface area contributed by atoms with Gasteiger partial charge in [0.15, 0.2) is 35.6 Å². The molecule has 4 aliphatic rings. The highest BCUT2D eigenvalue weighted by atomic mass is 16.7. The Morgan fingerprint density at radius 2 is 1.32 bits per heavy atom. The van der Waals surface area contributed by atoms with E-state index in [9.17, 15) is 48.6 Å². The third-order valence-corrected chi connectivity index (χ3v) is 12.5. The number of fused-ring (bicyclic) bond motifs is 5. The molecule has 2 aromatic rings. The van der Waals surface area contributed by atoms with Crippen LogP contribution in [0, 0.1) is 11.3 Å². The lowest BCUT2D eigenvalue weighted by Gasteiger charge is -2.67. The summed E-state index contributed by atoms with van der Waals surface area (Å²) in [6, 6.07) is 9.99. The van der Waals surface area contributed by atoms with Gasteiger partial charge in [0.05, 0.1) is 22.7 Å². The lowest BCUT2D eigenvalue weighted by atomic mass is 9.45. The number of rotatable bonds is 8. The number of hydrogen-bond donors (Lipinski definition) is 2. The molecular formula is C43H49NO19. The zero-order chi connectivity index (χ0) is 46.6. The number of aromatic nitrogens is 1. The van der Waals surface area contributed by atoms with Crippen molar-refractivity contribution in [2.24, 2.45) is 11.3 Å². The van der Waals surface area contributed by atoms with Gasteiger partial charge in [-0.1, -0.05) is 25.1 Å². The zero-order valence-corrected chi connectivity index (χ0v) is 35.9. The summed E-state index contributed by atoms with van der Waals surface area (Å²) in [5.41, 5.74) is -13.8. The van der Waals surface area contributed by atoms with Gasteiger partial charge in [-0.25, -0.2) is 14.4 Å². The molecule has 20 nitrogen and oxygen atoms in total. The molecule has 20 heteroatoms. The minimum absolute atomic E-state index is 0.106. The van der Waals surface area contributed by atoms with Gasteiger partial charge in [-0.05, 0) is 45.0 Å². The third-order valence-electron chi connectivity index (χ3n) is 12.5. The van der Waals surface area contributed by atoms with E-state index in [0.29, 0.717) is 0 Å². The summed E-state index contributed by atoms with van der Waals surface area (Å²) in [7, 11) is 0. The van der Waals surface area contributed by atoms with E-state index >= 15 is 0 Å². The number of aliphatic hydroxyl groups is 2. The Hall–Kier alpha value is -5.99. The first kappa shape index (κ1) is 46.5. The van der Waals surface area contributed by atoms with E-state index in [0.717, 1.165) is 48.5 Å². The van der Waals surface area contributed by atoms with Crippen LogP contribution >= 0.6 is 0 Å². The van der Waals surface area contributed by atoms with E-state index in [4.69, 9.17) is 42.6 Å². The maximum atomic E-state index is 14.7. The maximum absolute atomic E-state index is 14.7. The smallest absolute Gasteiger partial charge is 0.340 e. The molecule has 0 radical (unpaired) electrons. The molecule has 2 N–H and O–H groups in total. The van der Waals surface area contributed by atoms with Gasteiger partial charge in [0.2, 0.25) is 0 Å². The van der Waals surface area contributed by atoms with Crippen LogP contribution in [0.5, 0.6) is 0 Å². The lowest BCUT2D eigenvalue weighted by molar-refractivity contribution is -0.386. The number of carbonyl (C=O) groups excluding carboxylic acids is 8. The summed E-state index contributed by atoms with van der Waals surface area (Å²) < 4.78 is 55.0. The van der Waals surface area contributed by atoms with Crippen molar-refractivity contribution >= 4 is 47.8 Å². The Morgan fingerprint density at radius 3 is 1.89 bits per heavy atom. The number of ether oxygens (including phenoxy) is 9. The summed E-state index contributed by atoms with van der Waals surface area (Å²) >= 11 is 0. The van der Waals surface area contributed by atoms with Crippen LogP contribution in [-0.2, 0) is 71.4 Å². The van der Waals surface area contributed by atoms with Crippen LogP contribution in [0.4, 0.5) is 0 Å². The first-order chi connectivity index (χ1) is 29.4. The van der Waals surface area contributed by atoms with Crippen molar-refractivity contribution < 1.29 is 91.2 Å². The zero-order valence-electron chi connectivity index (χ0n) is 35.9. The van der Waals surface area contributed by atoms with Crippen molar-refractivity contribution in [1.82, 2.24) is 4.98 Å². The number of esters is 8. The van der Waals surface area contributed by atoms with Gasteiger partial charge < -0.3 is 52.8 Å². The summed E-state index contributed by atoms with van der Waals surface area (Å²) in [5.74, 6) is -12.1. The fraction of sp³-hybridized carbons (Fsp3) is 0.558. The second kappa shape index (κ2) is 16.6. The van der Waals surface area contributed by atoms with Crippen molar-refractivity contribution in [3.63, 3.8) is 0 Å². The van der Waals surface area contributed by atoms with Gasteiger partial charge >= 0.3 is 47.8 Å². The summed E-state index contributed by atoms with van der Waals surface area (Å²) in [4.78, 5) is 114. The average Bonchev–Trinajstić information content (AvgIpc) is 3.42. The first-order valence-corrected chi connectivity index (χ1v) is 19.9. The van der Waals surface area contributed by atoms with Gasteiger partial charge in [-0.3, -0.25) is 29.0 Å². The van der Waals surface area contributed by atoms with E-state index in [1.165, 1.54) is 56.4 Å². The van der Waals surface area contributed by atoms with Crippen LogP contribution in [0.3, 0.4) is 0 Å². The van der Waals surface area contributed by atoms with Crippen LogP contribution in [0.25, 0.3) is 0 Å². The number of nitrogens with zero attached hydrogens (tertiary/aromatic N) is 1. The maximum Gasteiger partial charge on any atom is 0.340 e. The second-order valence-electron chi connectivity index (χ2n) is 16.8. The van der Waals surface area contributed by atoms with Crippen LogP contribution in [0.1, 0.15) is 94.6 Å². The van der Waals surface area contributed by atoms with E-state index < -0.39 is 137 Å². The SMILES string of the molecule is CC(=O)OCC12C(OC(C)=O)C(OC(C)=O)C3C(OC(C)=O)C14OC3(C)COC(=O)c1cccnc1C(C)C(C)(O)C(=O)OC(C(OC(=O)c1ccccc1)C2OC(C)=O)C4(C)O. The molecule has 2 aliphatic heterocycles. The lowest BCUT2D eigenvalue weighted by Crippen LogP contribution is -2.89. The number of benzene rings is 1. The van der Waals surface area contributed by atoms with Crippen molar-refractivity contribution in [3.8, 4) is 0 Å². The Labute approximate surface area is 360 Å². The monoisotopic (exact) mass is 883 g/mol. The van der Waals surface area contributed by atoms with Gasteiger partial charge in [-0.2, -0.15) is 0 Å². The number of carbonyl (C=O) groups is 8. The molecule has 1 spiro atoms. The second-order valence-corrected chi connectivity index (χ2v) is 16.8. The van der Waals surface area contributed by atoms with E-state index in [1.54, 1.807) is 6.07 Å². The van der Waals surface area contributed by atoms with Crippen LogP contribution in [0.15, 0.2) is 48.7 Å². The molecule has 6 rings (SSSR count). The van der Waals surface area contributed by atoms with E-state index in [1.807, 2.05) is 0 Å². The number of pyridine rings is 1. The molecule has 1 aromatic heterocycles. The third kappa shape index (κ3) is 7.56. The standard InChI is InChI=1S/C43H49NO19/c1-20-29-27(16-13-17-44-29)37(51)56-18-39(7)28-30(57-22(3)46)34(59-24(5)48)42(19-55-21(2)45)35(60-25(6)49)31(61-36(50)26-14-11-10-12-15-26)33(62-38(52)40(20,8)53)41(9,54)43(42,63-39)32(28)58-23(4)47/h10-17,20,28,30-35,53-54H,18-19H2,1-9H3. The van der Waals surface area contributed by atoms with E-state index in [2.05, 4.69) is 4.98 Å². The molecular weight excluding hydrogens is 834 g/mol. The summed E-state index contributed by atoms with van der Waals surface area (Å²) in [6.07, 6.45) is -11.5. The molecule has 340 valence electrons. The van der Waals surface area contributed by atoms with Gasteiger partial charge in [0, 0.05) is 46.7 Å². The largest absolute Gasteiger partial charge is 0.465 e. The molecule has 13 atom stereocenters. The van der Waals surface area contributed by atoms with Gasteiger partial charge in [-0.15, -0.1) is 0 Å². The molecule has 4 bridgehead atoms. The molecule has 13 unspecified atom stereocenters. The Bertz CT molecular complexity index is 2210. The Kier molecular flexibility index (Phi) is 12.3. The average molecular weight is 884 g/mol. The normalized spacial score (nSPS) is 36.8. The topological polar surface area (TPSA) is 273 Å². The van der Waals surface area contributed by atoms with Crippen LogP contribution in [-0.4, -0.2) is 135 Å². The van der Waals surface area contributed by atoms with Crippen molar-refractivity contribution in [2.75, 3.05) is 13.2 Å². The highest BCUT2D eigenvalue weighted by molar-refractivity contribution is 5.92. The quantitative estimate of drug-likeness (QED) is 0.280. The first-order valence-electron chi connectivity index (χ1n) is 19.9. The summed E-state index contributed by atoms with van der Waals surface area (Å²) in [5, 5.41) is 25.7. The summed E-state index contributed by atoms with van der Waals surface area (Å²) in [6.45, 7) is 7.64.